The summed E-state index contributed by atoms with van der Waals surface area (Å²) in [5.41, 5.74) is 6.19. The smallest absolute Gasteiger partial charge is 0.418 e. The van der Waals surface area contributed by atoms with Gasteiger partial charge in [0.2, 0.25) is 0 Å². The van der Waals surface area contributed by atoms with Crippen LogP contribution in [0.2, 0.25) is 0 Å². The van der Waals surface area contributed by atoms with Crippen LogP contribution in [0, 0.1) is 5.92 Å². The van der Waals surface area contributed by atoms with Crippen LogP contribution in [0.5, 0.6) is 0 Å². The van der Waals surface area contributed by atoms with E-state index in [9.17, 15) is 4.79 Å². The average molecular weight is 302 g/mol. The molecular weight excluding hydrogens is 280 g/mol. The number of hydrogen-bond donors (Lipinski definition) is 1. The normalized spacial score (nSPS) is 19.4. The zero-order valence-corrected chi connectivity index (χ0v) is 13.1. The minimum atomic E-state index is -0.338. The maximum atomic E-state index is 12.2. The highest BCUT2D eigenvalue weighted by Crippen LogP contribution is 2.34. The van der Waals surface area contributed by atoms with Crippen molar-refractivity contribution >= 4 is 17.9 Å². The van der Waals surface area contributed by atoms with Crippen molar-refractivity contribution in [2.75, 3.05) is 33.8 Å². The molecule has 0 radical (unpaired) electrons. The molecule has 2 heterocycles. The van der Waals surface area contributed by atoms with Gasteiger partial charge in [0.25, 0.3) is 0 Å². The number of carbonyl (C=O) groups excluding carboxylic acids is 1. The van der Waals surface area contributed by atoms with Crippen molar-refractivity contribution in [3.8, 4) is 0 Å². The number of likely N-dealkylation sites (N-methyl/N-ethyl adjacent to an activating group) is 1. The van der Waals surface area contributed by atoms with Crippen LogP contribution in [0.25, 0.3) is 6.08 Å². The van der Waals surface area contributed by atoms with Crippen molar-refractivity contribution in [3.63, 3.8) is 0 Å². The Morgan fingerprint density at radius 3 is 3.09 bits per heavy atom. The van der Waals surface area contributed by atoms with Crippen LogP contribution in [-0.2, 0) is 4.74 Å². The molecule has 1 aliphatic carbocycles. The van der Waals surface area contributed by atoms with E-state index in [0.29, 0.717) is 19.1 Å². The summed E-state index contributed by atoms with van der Waals surface area (Å²) in [5.74, 6) is 0.594. The molecule has 2 aliphatic rings. The second-order valence-electron chi connectivity index (χ2n) is 6.00. The van der Waals surface area contributed by atoms with Crippen molar-refractivity contribution in [2.24, 2.45) is 11.0 Å². The van der Waals surface area contributed by atoms with Crippen molar-refractivity contribution in [1.82, 2.24) is 14.9 Å². The molecule has 0 atom stereocenters. The van der Waals surface area contributed by atoms with E-state index in [1.807, 2.05) is 37.2 Å². The number of carbonyl (C=O) groups is 1. The predicted octanol–water partition coefficient (Wildman–Crippen LogP) is 1.79. The number of nitrogens with zero attached hydrogens (tertiary/aromatic N) is 3. The molecule has 6 heteroatoms. The molecule has 118 valence electrons. The van der Waals surface area contributed by atoms with Gasteiger partial charge < -0.3 is 15.1 Å². The largest absolute Gasteiger partial charge is 0.448 e. The zero-order chi connectivity index (χ0) is 15.5. The Morgan fingerprint density at radius 1 is 1.55 bits per heavy atom. The first kappa shape index (κ1) is 14.8. The van der Waals surface area contributed by atoms with Gasteiger partial charge in [0, 0.05) is 18.7 Å². The fraction of sp³-hybridized carbons (Fsp3) is 0.500. The first-order valence-electron chi connectivity index (χ1n) is 7.66. The molecule has 1 N–H and O–H groups in total. The Hall–Kier alpha value is -2.08. The van der Waals surface area contributed by atoms with E-state index in [2.05, 4.69) is 10.5 Å². The molecule has 1 fully saturated rings. The first-order valence-corrected chi connectivity index (χ1v) is 7.66. The average Bonchev–Trinajstić information content (AvgIpc) is 3.04. The van der Waals surface area contributed by atoms with Gasteiger partial charge in [-0.1, -0.05) is 0 Å². The van der Waals surface area contributed by atoms with Crippen LogP contribution in [0.4, 0.5) is 4.79 Å². The van der Waals surface area contributed by atoms with E-state index in [4.69, 9.17) is 4.74 Å². The maximum Gasteiger partial charge on any atom is 0.418 e. The molecular formula is C16H22N4O2. The number of hydrazone groups is 1. The third kappa shape index (κ3) is 3.39. The van der Waals surface area contributed by atoms with Crippen LogP contribution in [0.15, 0.2) is 29.0 Å². The Kier molecular flexibility index (Phi) is 4.29. The highest BCUT2D eigenvalue weighted by atomic mass is 16.5. The summed E-state index contributed by atoms with van der Waals surface area (Å²) in [6.45, 7) is 1.83. The Bertz CT molecular complexity index is 611. The van der Waals surface area contributed by atoms with Gasteiger partial charge >= 0.3 is 6.09 Å². The molecule has 0 unspecified atom stereocenters. The van der Waals surface area contributed by atoms with E-state index in [1.54, 1.807) is 10.8 Å². The monoisotopic (exact) mass is 302 g/mol. The van der Waals surface area contributed by atoms with Crippen molar-refractivity contribution in [2.45, 2.75) is 12.8 Å². The molecule has 1 aliphatic heterocycles. The summed E-state index contributed by atoms with van der Waals surface area (Å²) in [5, 5.41) is 4.37. The summed E-state index contributed by atoms with van der Waals surface area (Å²) in [6, 6.07) is 3.78. The number of ether oxygens (including phenoxy) is 1. The van der Waals surface area contributed by atoms with Gasteiger partial charge in [-0.3, -0.25) is 4.57 Å². The molecule has 22 heavy (non-hydrogen) atoms. The summed E-state index contributed by atoms with van der Waals surface area (Å²) in [4.78, 5) is 14.1. The molecule has 1 aromatic heterocycles. The zero-order valence-electron chi connectivity index (χ0n) is 13.1. The number of nitrogens with one attached hydrogen (secondary N) is 1. The molecule has 1 aromatic rings. The first-order chi connectivity index (χ1) is 10.6. The van der Waals surface area contributed by atoms with Crippen LogP contribution < -0.4 is 5.43 Å². The number of rotatable bonds is 5. The van der Waals surface area contributed by atoms with Crippen LogP contribution in [0.3, 0.4) is 0 Å². The van der Waals surface area contributed by atoms with Crippen molar-refractivity contribution in [3.05, 3.63) is 29.6 Å². The molecule has 6 nitrogen and oxygen atoms in total. The lowest BCUT2D eigenvalue weighted by Crippen LogP contribution is -2.22. The Labute approximate surface area is 130 Å². The molecule has 1 saturated carbocycles. The second kappa shape index (κ2) is 6.36. The Balaban J connectivity index is 1.69. The third-order valence-electron chi connectivity index (χ3n) is 3.83. The van der Waals surface area contributed by atoms with E-state index < -0.39 is 0 Å². The van der Waals surface area contributed by atoms with Crippen LogP contribution in [0.1, 0.15) is 18.5 Å². The standard InChI is InChI=1S/C16H22N4O2/c1-19(2)8-9-22-16(21)20-7-3-4-14(20)10-13-11-17-18-15(13)12-5-6-12/h3-4,7,10,12,17H,5-6,8-9,11H2,1-2H3/b13-10+. The SMILES string of the molecule is CN(C)CCOC(=O)n1cccc1/C=C1\CNN=C1C1CC1. The van der Waals surface area contributed by atoms with Gasteiger partial charge in [-0.2, -0.15) is 5.10 Å². The van der Waals surface area contributed by atoms with E-state index in [-0.39, 0.29) is 6.09 Å². The van der Waals surface area contributed by atoms with Gasteiger partial charge in [0.05, 0.1) is 18.0 Å². The van der Waals surface area contributed by atoms with Gasteiger partial charge in [0.15, 0.2) is 0 Å². The summed E-state index contributed by atoms with van der Waals surface area (Å²) < 4.78 is 6.84. The van der Waals surface area contributed by atoms with Gasteiger partial charge in [-0.25, -0.2) is 4.79 Å². The lowest BCUT2D eigenvalue weighted by Gasteiger charge is -2.11. The van der Waals surface area contributed by atoms with Crippen LogP contribution >= 0.6 is 0 Å². The van der Waals surface area contributed by atoms with Gasteiger partial charge in [-0.15, -0.1) is 0 Å². The van der Waals surface area contributed by atoms with Crippen LogP contribution in [-0.4, -0.2) is 55.1 Å². The summed E-state index contributed by atoms with van der Waals surface area (Å²) >= 11 is 0. The summed E-state index contributed by atoms with van der Waals surface area (Å²) in [6.07, 6.45) is 5.86. The summed E-state index contributed by atoms with van der Waals surface area (Å²) in [7, 11) is 3.90. The van der Waals surface area contributed by atoms with Gasteiger partial charge in [0.1, 0.15) is 6.61 Å². The van der Waals surface area contributed by atoms with E-state index in [0.717, 1.165) is 18.0 Å². The minimum Gasteiger partial charge on any atom is -0.448 e. The molecule has 0 spiro atoms. The fourth-order valence-corrected chi connectivity index (χ4v) is 2.45. The number of aromatic nitrogens is 1. The predicted molar refractivity (Wildman–Crippen MR) is 85.9 cm³/mol. The lowest BCUT2D eigenvalue weighted by atomic mass is 10.1. The van der Waals surface area contributed by atoms with Gasteiger partial charge in [-0.05, 0) is 50.7 Å². The van der Waals surface area contributed by atoms with Crippen molar-refractivity contribution in [1.29, 1.82) is 0 Å². The topological polar surface area (TPSA) is 58.9 Å². The molecule has 0 aromatic carbocycles. The highest BCUT2D eigenvalue weighted by molar-refractivity contribution is 6.07. The second-order valence-corrected chi connectivity index (χ2v) is 6.00. The van der Waals surface area contributed by atoms with Crippen molar-refractivity contribution < 1.29 is 9.53 Å². The molecule has 0 saturated heterocycles. The maximum absolute atomic E-state index is 12.2. The van der Waals surface area contributed by atoms with E-state index >= 15 is 0 Å². The third-order valence-corrected chi connectivity index (χ3v) is 3.83. The Morgan fingerprint density at radius 2 is 2.36 bits per heavy atom. The van der Waals surface area contributed by atoms with E-state index in [1.165, 1.54) is 18.4 Å². The fourth-order valence-electron chi connectivity index (χ4n) is 2.45. The lowest BCUT2D eigenvalue weighted by molar-refractivity contribution is 0.138. The number of hydrogen-bond acceptors (Lipinski definition) is 5. The quantitative estimate of drug-likeness (QED) is 0.901. The minimum absolute atomic E-state index is 0.338. The highest BCUT2D eigenvalue weighted by Gasteiger charge is 2.32. The molecule has 0 bridgehead atoms. The molecule has 3 rings (SSSR count). The molecule has 0 amide bonds.